The van der Waals surface area contributed by atoms with Gasteiger partial charge in [0.1, 0.15) is 18.2 Å². The molecule has 3 rings (SSSR count). The highest BCUT2D eigenvalue weighted by molar-refractivity contribution is 6.32. The number of benzene rings is 1. The zero-order valence-electron chi connectivity index (χ0n) is 11.4. The molecule has 2 heterocycles. The fraction of sp³-hybridized carbons (Fsp3) is 0.571. The number of rotatable bonds is 2. The molecule has 2 aliphatic heterocycles. The maximum absolute atomic E-state index is 14.5. The van der Waals surface area contributed by atoms with E-state index in [9.17, 15) is 4.39 Å². The van der Waals surface area contributed by atoms with Gasteiger partial charge < -0.3 is 15.2 Å². The number of halogens is 2. The SMILES string of the molecule is CN1CC(CN)CC1c1cc2c(c(Cl)c1F)OCCO2. The molecule has 2 aliphatic rings. The normalized spacial score (nSPS) is 26.0. The van der Waals surface area contributed by atoms with Crippen molar-refractivity contribution in [2.75, 3.05) is 33.4 Å². The first-order valence-electron chi connectivity index (χ1n) is 6.79. The van der Waals surface area contributed by atoms with E-state index in [0.29, 0.717) is 42.7 Å². The Labute approximate surface area is 122 Å². The molecule has 0 amide bonds. The highest BCUT2D eigenvalue weighted by Gasteiger charge is 2.34. The topological polar surface area (TPSA) is 47.7 Å². The number of nitrogens with zero attached hydrogens (tertiary/aromatic N) is 1. The maximum Gasteiger partial charge on any atom is 0.182 e. The van der Waals surface area contributed by atoms with E-state index in [1.807, 2.05) is 7.05 Å². The average molecular weight is 301 g/mol. The van der Waals surface area contributed by atoms with Gasteiger partial charge in [-0.2, -0.15) is 0 Å². The van der Waals surface area contributed by atoms with E-state index in [4.69, 9.17) is 26.8 Å². The van der Waals surface area contributed by atoms with Crippen LogP contribution in [-0.4, -0.2) is 38.3 Å². The second kappa shape index (κ2) is 5.39. The van der Waals surface area contributed by atoms with Crippen molar-refractivity contribution in [3.63, 3.8) is 0 Å². The predicted octanol–water partition coefficient (Wildman–Crippen LogP) is 2.20. The van der Waals surface area contributed by atoms with E-state index in [2.05, 4.69) is 4.90 Å². The van der Waals surface area contributed by atoms with Gasteiger partial charge in [0, 0.05) is 18.2 Å². The Bertz CT molecular complexity index is 526. The summed E-state index contributed by atoms with van der Waals surface area (Å²) in [5.41, 5.74) is 6.29. The van der Waals surface area contributed by atoms with Crippen molar-refractivity contribution in [3.05, 3.63) is 22.5 Å². The number of hydrogen-bond acceptors (Lipinski definition) is 4. The van der Waals surface area contributed by atoms with Gasteiger partial charge in [0.2, 0.25) is 0 Å². The van der Waals surface area contributed by atoms with E-state index < -0.39 is 5.82 Å². The largest absolute Gasteiger partial charge is 0.486 e. The molecule has 1 aromatic carbocycles. The Morgan fingerprint density at radius 1 is 1.45 bits per heavy atom. The van der Waals surface area contributed by atoms with Crippen molar-refractivity contribution in [1.29, 1.82) is 0 Å². The predicted molar refractivity (Wildman–Crippen MR) is 74.9 cm³/mol. The minimum Gasteiger partial charge on any atom is -0.486 e. The fourth-order valence-corrected chi connectivity index (χ4v) is 3.28. The first-order chi connectivity index (χ1) is 9.61. The van der Waals surface area contributed by atoms with Crippen LogP contribution in [-0.2, 0) is 0 Å². The van der Waals surface area contributed by atoms with Crippen molar-refractivity contribution in [1.82, 2.24) is 4.90 Å². The monoisotopic (exact) mass is 300 g/mol. The molecule has 1 saturated heterocycles. The maximum atomic E-state index is 14.5. The summed E-state index contributed by atoms with van der Waals surface area (Å²) in [6, 6.07) is 1.70. The van der Waals surface area contributed by atoms with E-state index in [0.717, 1.165) is 13.0 Å². The van der Waals surface area contributed by atoms with Crippen molar-refractivity contribution >= 4 is 11.6 Å². The minimum atomic E-state index is -0.412. The Morgan fingerprint density at radius 3 is 2.90 bits per heavy atom. The highest BCUT2D eigenvalue weighted by atomic mass is 35.5. The fourth-order valence-electron chi connectivity index (χ4n) is 3.02. The lowest BCUT2D eigenvalue weighted by Gasteiger charge is -2.25. The Hall–Kier alpha value is -1.04. The zero-order chi connectivity index (χ0) is 14.3. The van der Waals surface area contributed by atoms with Gasteiger partial charge >= 0.3 is 0 Å². The molecule has 20 heavy (non-hydrogen) atoms. The van der Waals surface area contributed by atoms with Gasteiger partial charge in [0.05, 0.1) is 0 Å². The second-order valence-corrected chi connectivity index (χ2v) is 5.79. The molecule has 0 radical (unpaired) electrons. The number of hydrogen-bond donors (Lipinski definition) is 1. The standard InChI is InChI=1S/C14H18ClFN2O2/c1-18-7-8(6-17)4-10(18)9-5-11-14(12(15)13(9)16)20-3-2-19-11/h5,8,10H,2-4,6-7,17H2,1H3. The number of ether oxygens (including phenoxy) is 2. The summed E-state index contributed by atoms with van der Waals surface area (Å²) < 4.78 is 25.4. The van der Waals surface area contributed by atoms with Crippen LogP contribution < -0.4 is 15.2 Å². The van der Waals surface area contributed by atoms with Gasteiger partial charge in [-0.25, -0.2) is 4.39 Å². The smallest absolute Gasteiger partial charge is 0.182 e. The van der Waals surface area contributed by atoms with Crippen LogP contribution in [0, 0.1) is 11.7 Å². The number of likely N-dealkylation sites (tertiary alicyclic amines) is 1. The van der Waals surface area contributed by atoms with Crippen molar-refractivity contribution in [3.8, 4) is 11.5 Å². The van der Waals surface area contributed by atoms with Crippen LogP contribution in [0.4, 0.5) is 4.39 Å². The van der Waals surface area contributed by atoms with Crippen LogP contribution in [0.3, 0.4) is 0 Å². The molecule has 0 bridgehead atoms. The molecule has 2 unspecified atom stereocenters. The van der Waals surface area contributed by atoms with Gasteiger partial charge in [-0.05, 0) is 32.0 Å². The molecule has 1 fully saturated rings. The van der Waals surface area contributed by atoms with Crippen molar-refractivity contribution in [2.45, 2.75) is 12.5 Å². The third-order valence-corrected chi connectivity index (χ3v) is 4.41. The van der Waals surface area contributed by atoms with E-state index >= 15 is 0 Å². The van der Waals surface area contributed by atoms with E-state index in [1.54, 1.807) is 6.07 Å². The zero-order valence-corrected chi connectivity index (χ0v) is 12.1. The molecule has 0 aromatic heterocycles. The average Bonchev–Trinajstić information content (AvgIpc) is 2.84. The number of fused-ring (bicyclic) bond motifs is 1. The van der Waals surface area contributed by atoms with Crippen molar-refractivity contribution < 1.29 is 13.9 Å². The first-order valence-corrected chi connectivity index (χ1v) is 7.17. The molecule has 0 aliphatic carbocycles. The van der Waals surface area contributed by atoms with Gasteiger partial charge in [-0.1, -0.05) is 11.6 Å². The molecule has 1 aromatic rings. The summed E-state index contributed by atoms with van der Waals surface area (Å²) in [5, 5.41) is 0.0156. The lowest BCUT2D eigenvalue weighted by Crippen LogP contribution is -2.22. The molecule has 4 nitrogen and oxygen atoms in total. The number of nitrogens with two attached hydrogens (primary N) is 1. The first kappa shape index (κ1) is 13.9. The van der Waals surface area contributed by atoms with E-state index in [1.165, 1.54) is 0 Å². The van der Waals surface area contributed by atoms with Crippen LogP contribution in [0.25, 0.3) is 0 Å². The van der Waals surface area contributed by atoms with Gasteiger partial charge in [-0.3, -0.25) is 4.90 Å². The third-order valence-electron chi connectivity index (χ3n) is 4.07. The summed E-state index contributed by atoms with van der Waals surface area (Å²) in [6.45, 7) is 2.33. The summed E-state index contributed by atoms with van der Waals surface area (Å²) in [6.07, 6.45) is 0.833. The van der Waals surface area contributed by atoms with Gasteiger partial charge in [0.15, 0.2) is 17.3 Å². The highest BCUT2D eigenvalue weighted by Crippen LogP contribution is 2.45. The molecule has 0 spiro atoms. The third kappa shape index (κ3) is 2.24. The van der Waals surface area contributed by atoms with Gasteiger partial charge in [-0.15, -0.1) is 0 Å². The quantitative estimate of drug-likeness (QED) is 0.909. The molecule has 2 atom stereocenters. The van der Waals surface area contributed by atoms with Crippen LogP contribution in [0.5, 0.6) is 11.5 Å². The van der Waals surface area contributed by atoms with Crippen molar-refractivity contribution in [2.24, 2.45) is 11.7 Å². The van der Waals surface area contributed by atoms with Crippen LogP contribution >= 0.6 is 11.6 Å². The summed E-state index contributed by atoms with van der Waals surface area (Å²) >= 11 is 6.09. The molecule has 2 N–H and O–H groups in total. The molecular weight excluding hydrogens is 283 g/mol. The molecular formula is C14H18ClFN2O2. The molecule has 110 valence electrons. The Balaban J connectivity index is 2.00. The summed E-state index contributed by atoms with van der Waals surface area (Å²) in [5.74, 6) is 0.819. The van der Waals surface area contributed by atoms with Crippen LogP contribution in [0.2, 0.25) is 5.02 Å². The van der Waals surface area contributed by atoms with Crippen LogP contribution in [0.1, 0.15) is 18.0 Å². The summed E-state index contributed by atoms with van der Waals surface area (Å²) in [7, 11) is 1.98. The molecule has 0 saturated carbocycles. The lowest BCUT2D eigenvalue weighted by molar-refractivity contribution is 0.170. The Kier molecular flexibility index (Phi) is 3.75. The summed E-state index contributed by atoms with van der Waals surface area (Å²) in [4.78, 5) is 2.11. The Morgan fingerprint density at radius 2 is 2.20 bits per heavy atom. The lowest BCUT2D eigenvalue weighted by atomic mass is 9.99. The van der Waals surface area contributed by atoms with Gasteiger partial charge in [0.25, 0.3) is 0 Å². The van der Waals surface area contributed by atoms with Crippen LogP contribution in [0.15, 0.2) is 6.07 Å². The molecule has 6 heteroatoms. The van der Waals surface area contributed by atoms with E-state index in [-0.39, 0.29) is 11.1 Å². The second-order valence-electron chi connectivity index (χ2n) is 5.41. The minimum absolute atomic E-state index is 0.0156.